The quantitative estimate of drug-likeness (QED) is 0.312. The number of hydrazine groups is 1. The monoisotopic (exact) mass is 226 g/mol. The summed E-state index contributed by atoms with van der Waals surface area (Å²) in [6, 6.07) is 2.45. The van der Waals surface area contributed by atoms with Gasteiger partial charge in [-0.2, -0.15) is 11.3 Å². The largest absolute Gasteiger partial charge is 0.353 e. The van der Waals surface area contributed by atoms with Crippen molar-refractivity contribution in [3.05, 3.63) is 22.4 Å². The Morgan fingerprint density at radius 3 is 3.00 bits per heavy atom. The van der Waals surface area contributed by atoms with Crippen LogP contribution >= 0.6 is 11.3 Å². The number of hydrogen-bond donors (Lipinski definition) is 3. The van der Waals surface area contributed by atoms with Gasteiger partial charge in [0.25, 0.3) is 0 Å². The number of hydrogen-bond acceptors (Lipinski definition) is 3. The molecular formula is C10H18N4S. The lowest BCUT2D eigenvalue weighted by Gasteiger charge is -2.15. The Morgan fingerprint density at radius 2 is 2.47 bits per heavy atom. The molecule has 0 spiro atoms. The molecule has 1 aromatic rings. The fourth-order valence-electron chi connectivity index (χ4n) is 1.34. The zero-order chi connectivity index (χ0) is 11.1. The molecule has 0 aliphatic rings. The van der Waals surface area contributed by atoms with E-state index in [2.05, 4.69) is 39.5 Å². The molecule has 4 nitrogen and oxygen atoms in total. The third kappa shape index (κ3) is 4.31. The highest BCUT2D eigenvalue weighted by molar-refractivity contribution is 7.07. The zero-order valence-electron chi connectivity index (χ0n) is 9.16. The number of nitrogens with two attached hydrogens (primary N) is 1. The van der Waals surface area contributed by atoms with Crippen LogP contribution in [0.4, 0.5) is 0 Å². The smallest absolute Gasteiger partial charge is 0.205 e. The van der Waals surface area contributed by atoms with Gasteiger partial charge in [0.05, 0.1) is 0 Å². The summed E-state index contributed by atoms with van der Waals surface area (Å²) in [4.78, 5) is 4.18. The average molecular weight is 226 g/mol. The van der Waals surface area contributed by atoms with Gasteiger partial charge in [0.2, 0.25) is 5.96 Å². The summed E-state index contributed by atoms with van der Waals surface area (Å²) in [5.41, 5.74) is 3.90. The van der Waals surface area contributed by atoms with Crippen LogP contribution < -0.4 is 16.6 Å². The van der Waals surface area contributed by atoms with Crippen molar-refractivity contribution in [3.8, 4) is 0 Å². The topological polar surface area (TPSA) is 62.4 Å². The summed E-state index contributed by atoms with van der Waals surface area (Å²) >= 11 is 1.72. The number of thiophene rings is 1. The lowest BCUT2D eigenvalue weighted by atomic mass is 10.1. The fraction of sp³-hybridized carbons (Fsp3) is 0.500. The second-order valence-electron chi connectivity index (χ2n) is 3.35. The van der Waals surface area contributed by atoms with Gasteiger partial charge >= 0.3 is 0 Å². The highest BCUT2D eigenvalue weighted by atomic mass is 32.1. The van der Waals surface area contributed by atoms with Crippen molar-refractivity contribution in [2.75, 3.05) is 6.54 Å². The summed E-state index contributed by atoms with van der Waals surface area (Å²) in [6.45, 7) is 4.81. The molecule has 0 saturated heterocycles. The van der Waals surface area contributed by atoms with E-state index in [-0.39, 0.29) is 0 Å². The zero-order valence-corrected chi connectivity index (χ0v) is 9.97. The van der Waals surface area contributed by atoms with Crippen molar-refractivity contribution < 1.29 is 0 Å². The van der Waals surface area contributed by atoms with E-state index in [0.717, 1.165) is 13.0 Å². The van der Waals surface area contributed by atoms with Crippen LogP contribution in [0.3, 0.4) is 0 Å². The molecule has 0 fully saturated rings. The van der Waals surface area contributed by atoms with E-state index in [9.17, 15) is 0 Å². The molecule has 0 aliphatic carbocycles. The van der Waals surface area contributed by atoms with Gasteiger partial charge < -0.3 is 5.32 Å². The summed E-state index contributed by atoms with van der Waals surface area (Å²) in [6.07, 6.45) is 0.980. The van der Waals surface area contributed by atoms with Gasteiger partial charge in [-0.3, -0.25) is 10.4 Å². The first-order chi connectivity index (χ1) is 7.26. The molecule has 0 radical (unpaired) electrons. The maximum absolute atomic E-state index is 5.34. The molecule has 84 valence electrons. The van der Waals surface area contributed by atoms with Crippen LogP contribution in [0.1, 0.15) is 19.4 Å². The van der Waals surface area contributed by atoms with E-state index in [1.54, 1.807) is 11.3 Å². The van der Waals surface area contributed by atoms with Crippen LogP contribution in [-0.4, -0.2) is 18.5 Å². The Bertz CT molecular complexity index is 294. The number of aliphatic imine (C=N–C) groups is 1. The van der Waals surface area contributed by atoms with Crippen molar-refractivity contribution in [1.29, 1.82) is 0 Å². The maximum Gasteiger partial charge on any atom is 0.205 e. The number of nitrogens with one attached hydrogen (secondary N) is 2. The molecule has 0 aliphatic heterocycles. The molecule has 0 amide bonds. The maximum atomic E-state index is 5.34. The van der Waals surface area contributed by atoms with Crippen LogP contribution in [0, 0.1) is 0 Å². The third-order valence-electron chi connectivity index (χ3n) is 1.96. The summed E-state index contributed by atoms with van der Waals surface area (Å²) < 4.78 is 0. The molecule has 1 aromatic heterocycles. The van der Waals surface area contributed by atoms with Crippen molar-refractivity contribution in [3.63, 3.8) is 0 Å². The van der Waals surface area contributed by atoms with E-state index >= 15 is 0 Å². The molecule has 1 atom stereocenters. The minimum absolute atomic E-state index is 0.320. The number of guanidine groups is 1. The van der Waals surface area contributed by atoms with E-state index in [0.29, 0.717) is 12.0 Å². The molecule has 1 unspecified atom stereocenters. The third-order valence-corrected chi connectivity index (χ3v) is 2.69. The van der Waals surface area contributed by atoms with Crippen LogP contribution in [0.15, 0.2) is 21.8 Å². The van der Waals surface area contributed by atoms with Gasteiger partial charge in [-0.15, -0.1) is 0 Å². The van der Waals surface area contributed by atoms with Crippen molar-refractivity contribution >= 4 is 17.3 Å². The first-order valence-corrected chi connectivity index (χ1v) is 5.99. The van der Waals surface area contributed by atoms with Gasteiger partial charge in [0, 0.05) is 12.6 Å². The van der Waals surface area contributed by atoms with Gasteiger partial charge in [-0.05, 0) is 42.7 Å². The average Bonchev–Trinajstić information content (AvgIpc) is 2.69. The summed E-state index contributed by atoms with van der Waals surface area (Å²) in [5.74, 6) is 5.99. The van der Waals surface area contributed by atoms with Crippen molar-refractivity contribution in [2.45, 2.75) is 26.3 Å². The minimum Gasteiger partial charge on any atom is -0.353 e. The van der Waals surface area contributed by atoms with E-state index in [1.165, 1.54) is 5.56 Å². The molecule has 5 heteroatoms. The predicted octanol–water partition coefficient (Wildman–Crippen LogP) is 1.11. The van der Waals surface area contributed by atoms with E-state index in [1.807, 2.05) is 6.92 Å². The molecule has 1 rings (SSSR count). The van der Waals surface area contributed by atoms with E-state index < -0.39 is 0 Å². The van der Waals surface area contributed by atoms with Gasteiger partial charge in [0.1, 0.15) is 0 Å². The Hall–Kier alpha value is -1.07. The van der Waals surface area contributed by atoms with E-state index in [4.69, 9.17) is 5.84 Å². The van der Waals surface area contributed by atoms with Gasteiger partial charge in [-0.1, -0.05) is 0 Å². The Labute approximate surface area is 94.6 Å². The van der Waals surface area contributed by atoms with Crippen LogP contribution in [0.5, 0.6) is 0 Å². The molecule has 15 heavy (non-hydrogen) atoms. The number of nitrogens with zero attached hydrogens (tertiary/aromatic N) is 1. The molecule has 0 saturated carbocycles. The van der Waals surface area contributed by atoms with Crippen LogP contribution in [0.25, 0.3) is 0 Å². The molecule has 0 aromatic carbocycles. The minimum atomic E-state index is 0.320. The fourth-order valence-corrected chi connectivity index (χ4v) is 2.02. The summed E-state index contributed by atoms with van der Waals surface area (Å²) in [5, 5.41) is 7.47. The Balaban J connectivity index is 2.41. The normalized spacial score (nSPS) is 13.7. The highest BCUT2D eigenvalue weighted by Gasteiger charge is 2.05. The Morgan fingerprint density at radius 1 is 1.67 bits per heavy atom. The second kappa shape index (κ2) is 6.42. The highest BCUT2D eigenvalue weighted by Crippen LogP contribution is 2.08. The van der Waals surface area contributed by atoms with Crippen molar-refractivity contribution in [2.24, 2.45) is 10.8 Å². The van der Waals surface area contributed by atoms with Crippen LogP contribution in [0.2, 0.25) is 0 Å². The lowest BCUT2D eigenvalue weighted by Crippen LogP contribution is -2.46. The van der Waals surface area contributed by atoms with Gasteiger partial charge in [0.15, 0.2) is 0 Å². The predicted molar refractivity (Wildman–Crippen MR) is 65.9 cm³/mol. The standard InChI is InChI=1S/C10H18N4S/c1-3-12-10(14-11)13-8(2)6-9-4-5-15-7-9/h4-5,7-8H,3,6,11H2,1-2H3,(H2,12,13,14). The Kier molecular flexibility index (Phi) is 5.14. The number of rotatable bonds is 4. The second-order valence-corrected chi connectivity index (χ2v) is 4.13. The first-order valence-electron chi connectivity index (χ1n) is 5.05. The van der Waals surface area contributed by atoms with Crippen LogP contribution in [-0.2, 0) is 6.42 Å². The van der Waals surface area contributed by atoms with Crippen molar-refractivity contribution in [1.82, 2.24) is 10.7 Å². The summed E-state index contributed by atoms with van der Waals surface area (Å²) in [7, 11) is 0. The molecule has 0 bridgehead atoms. The lowest BCUT2D eigenvalue weighted by molar-refractivity contribution is 0.643. The molecule has 1 heterocycles. The molecule has 4 N–H and O–H groups in total. The van der Waals surface area contributed by atoms with Gasteiger partial charge in [-0.25, -0.2) is 5.84 Å². The first kappa shape index (κ1) is 12.0. The molecular weight excluding hydrogens is 208 g/mol. The SMILES string of the molecule is CCN=C(NN)NC(C)Cc1ccsc1.